The van der Waals surface area contributed by atoms with Crippen molar-refractivity contribution >= 4 is 17.9 Å². The fourth-order valence-electron chi connectivity index (χ4n) is 5.27. The summed E-state index contributed by atoms with van der Waals surface area (Å²) in [6.45, 7) is 1.79. The van der Waals surface area contributed by atoms with Gasteiger partial charge < -0.3 is 25.2 Å². The third-order valence-electron chi connectivity index (χ3n) is 8.16. The highest BCUT2D eigenvalue weighted by Crippen LogP contribution is 2.15. The van der Waals surface area contributed by atoms with E-state index >= 15 is 0 Å². The summed E-state index contributed by atoms with van der Waals surface area (Å²) >= 11 is 0. The molecule has 0 saturated heterocycles. The lowest BCUT2D eigenvalue weighted by molar-refractivity contribution is -0.147. The Kier molecular flexibility index (Phi) is 38.9. The number of carbonyl (C=O) groups excluding carboxylic acids is 1. The minimum Gasteiger partial charge on any atom is -0.481 e. The van der Waals surface area contributed by atoms with Gasteiger partial charge in [-0.2, -0.15) is 0 Å². The number of hydrogen-bond acceptors (Lipinski definition) is 6. The smallest absolute Gasteiger partial charge is 0.305 e. The van der Waals surface area contributed by atoms with Gasteiger partial charge in [0.15, 0.2) is 0 Å². The van der Waals surface area contributed by atoms with Crippen molar-refractivity contribution in [1.29, 1.82) is 0 Å². The molecule has 0 aromatic carbocycles. The zero-order valence-corrected chi connectivity index (χ0v) is 29.1. The maximum absolute atomic E-state index is 11.4. The highest BCUT2D eigenvalue weighted by atomic mass is 16.5. The van der Waals surface area contributed by atoms with Crippen molar-refractivity contribution in [2.75, 3.05) is 13.2 Å². The van der Waals surface area contributed by atoms with Crippen LogP contribution in [0.15, 0.2) is 0 Å². The monoisotopic (exact) mass is 645 g/mol. The Morgan fingerprint density at radius 3 is 1.00 bits per heavy atom. The van der Waals surface area contributed by atoms with E-state index in [2.05, 4.69) is 6.92 Å². The van der Waals surface area contributed by atoms with Crippen LogP contribution in [0.4, 0.5) is 0 Å². The second-order valence-corrected chi connectivity index (χ2v) is 12.7. The lowest BCUT2D eigenvalue weighted by atomic mass is 10.0. The van der Waals surface area contributed by atoms with Gasteiger partial charge in [-0.3, -0.25) is 14.4 Å². The Hall–Kier alpha value is -1.67. The van der Waals surface area contributed by atoms with E-state index in [0.717, 1.165) is 51.4 Å². The number of ether oxygens (including phenoxy) is 1. The largest absolute Gasteiger partial charge is 0.481 e. The Balaban J connectivity index is 0. The van der Waals surface area contributed by atoms with Gasteiger partial charge in [0.1, 0.15) is 12.7 Å². The molecule has 8 nitrogen and oxygen atoms in total. The van der Waals surface area contributed by atoms with Gasteiger partial charge in [0.05, 0.1) is 6.61 Å². The molecule has 0 rings (SSSR count). The Bertz CT molecular complexity index is 614. The topological polar surface area (TPSA) is 141 Å². The minimum atomic E-state index is -0.954. The van der Waals surface area contributed by atoms with E-state index in [-0.39, 0.29) is 19.2 Å². The first-order valence-electron chi connectivity index (χ1n) is 18.7. The highest BCUT2D eigenvalue weighted by molar-refractivity contribution is 5.69. The zero-order chi connectivity index (χ0) is 33.6. The molecule has 4 N–H and O–H groups in total. The van der Waals surface area contributed by atoms with Crippen molar-refractivity contribution in [2.45, 2.75) is 206 Å². The van der Waals surface area contributed by atoms with Crippen LogP contribution in [0, 0.1) is 0 Å². The second-order valence-electron chi connectivity index (χ2n) is 12.7. The summed E-state index contributed by atoms with van der Waals surface area (Å²) in [4.78, 5) is 32.0. The van der Waals surface area contributed by atoms with Gasteiger partial charge in [-0.15, -0.1) is 0 Å². The fourth-order valence-corrected chi connectivity index (χ4v) is 5.27. The van der Waals surface area contributed by atoms with E-state index in [9.17, 15) is 14.4 Å². The maximum Gasteiger partial charge on any atom is 0.305 e. The van der Waals surface area contributed by atoms with Crippen molar-refractivity contribution in [2.24, 2.45) is 0 Å². The highest BCUT2D eigenvalue weighted by Gasteiger charge is 2.07. The van der Waals surface area contributed by atoms with Gasteiger partial charge in [-0.1, -0.05) is 161 Å². The van der Waals surface area contributed by atoms with Crippen molar-refractivity contribution in [3.05, 3.63) is 0 Å². The number of esters is 1. The molecule has 0 bridgehead atoms. The van der Waals surface area contributed by atoms with Gasteiger partial charge in [0, 0.05) is 19.3 Å². The summed E-state index contributed by atoms with van der Waals surface area (Å²) in [5, 5.41) is 34.7. The molecule has 0 aliphatic heterocycles. The van der Waals surface area contributed by atoms with Crippen LogP contribution in [0.25, 0.3) is 0 Å². The zero-order valence-electron chi connectivity index (χ0n) is 29.1. The molecule has 0 amide bonds. The molecule has 0 radical (unpaired) electrons. The molecule has 45 heavy (non-hydrogen) atoms. The molecule has 0 aliphatic rings. The summed E-state index contributed by atoms with van der Waals surface area (Å²) in [5.41, 5.74) is 0. The molecule has 1 unspecified atom stereocenters. The summed E-state index contributed by atoms with van der Waals surface area (Å²) in [6, 6.07) is 0. The molecule has 0 aliphatic carbocycles. The maximum atomic E-state index is 11.4. The van der Waals surface area contributed by atoms with Crippen LogP contribution in [0.3, 0.4) is 0 Å². The van der Waals surface area contributed by atoms with Crippen LogP contribution in [-0.2, 0) is 19.1 Å². The number of unbranched alkanes of at least 4 members (excludes halogenated alkanes) is 25. The summed E-state index contributed by atoms with van der Waals surface area (Å²) in [7, 11) is 0. The van der Waals surface area contributed by atoms with Crippen LogP contribution in [0.5, 0.6) is 0 Å². The lowest BCUT2D eigenvalue weighted by Crippen LogP contribution is -2.21. The Morgan fingerprint density at radius 1 is 0.467 bits per heavy atom. The number of carboxylic acids is 2. The van der Waals surface area contributed by atoms with Crippen molar-refractivity contribution in [1.82, 2.24) is 0 Å². The number of aliphatic hydroxyl groups is 2. The number of rotatable bonds is 34. The predicted molar refractivity (Wildman–Crippen MR) is 184 cm³/mol. The number of carbonyl (C=O) groups is 3. The van der Waals surface area contributed by atoms with Gasteiger partial charge >= 0.3 is 17.9 Å². The van der Waals surface area contributed by atoms with E-state index in [1.165, 1.54) is 122 Å². The van der Waals surface area contributed by atoms with E-state index in [4.69, 9.17) is 25.2 Å². The molecule has 0 heterocycles. The standard InChI is InChI=1S/C21H42O4.C16H30O4/c1-2-3-4-5-6-7-8-9-10-11-12-13-14-15-16-17-21(24)25-19-20(23)18-22;17-15(18)13-11-9-7-5-3-1-2-4-6-8-10-12-14-16(19)20/h20,22-23H,2-19H2,1H3;1-14H2,(H,17,18)(H,19,20). The van der Waals surface area contributed by atoms with Crippen molar-refractivity contribution in [3.63, 3.8) is 0 Å². The number of hydrogen-bond donors (Lipinski definition) is 4. The first-order chi connectivity index (χ1) is 21.8. The number of aliphatic carboxylic acids is 2. The number of aliphatic hydroxyl groups excluding tert-OH is 2. The average Bonchev–Trinajstić information content (AvgIpc) is 3.01. The third-order valence-corrected chi connectivity index (χ3v) is 8.16. The minimum absolute atomic E-state index is 0.103. The van der Waals surface area contributed by atoms with Gasteiger partial charge in [-0.25, -0.2) is 0 Å². The molecular formula is C37H72O8. The van der Waals surface area contributed by atoms with Crippen LogP contribution >= 0.6 is 0 Å². The van der Waals surface area contributed by atoms with Crippen LogP contribution in [0.2, 0.25) is 0 Å². The van der Waals surface area contributed by atoms with Crippen molar-refractivity contribution < 1.29 is 39.5 Å². The van der Waals surface area contributed by atoms with Gasteiger partial charge in [-0.05, 0) is 19.3 Å². The lowest BCUT2D eigenvalue weighted by Gasteiger charge is -2.08. The fraction of sp³-hybridized carbons (Fsp3) is 0.919. The molecule has 0 saturated carbocycles. The van der Waals surface area contributed by atoms with Crippen LogP contribution in [0.1, 0.15) is 200 Å². The summed E-state index contributed by atoms with van der Waals surface area (Å²) < 4.78 is 4.86. The second kappa shape index (κ2) is 38.5. The van der Waals surface area contributed by atoms with E-state index < -0.39 is 18.0 Å². The van der Waals surface area contributed by atoms with Crippen LogP contribution < -0.4 is 0 Å². The predicted octanol–water partition coefficient (Wildman–Crippen LogP) is 9.76. The Labute approximate surface area is 276 Å². The van der Waals surface area contributed by atoms with Crippen LogP contribution in [-0.4, -0.2) is 57.7 Å². The average molecular weight is 645 g/mol. The number of carboxylic acid groups (broad SMARTS) is 2. The van der Waals surface area contributed by atoms with Gasteiger partial charge in [0.25, 0.3) is 0 Å². The molecule has 268 valence electrons. The van der Waals surface area contributed by atoms with E-state index in [0.29, 0.717) is 19.3 Å². The Morgan fingerprint density at radius 2 is 0.733 bits per heavy atom. The van der Waals surface area contributed by atoms with E-state index in [1.807, 2.05) is 0 Å². The molecule has 0 fully saturated rings. The molecule has 0 aromatic rings. The van der Waals surface area contributed by atoms with E-state index in [1.54, 1.807) is 0 Å². The summed E-state index contributed by atoms with van der Waals surface area (Å²) in [6.07, 6.45) is 33.1. The SMILES string of the molecule is CCCCCCCCCCCCCCCCCC(=O)OCC(O)CO.O=C(O)CCCCCCCCCCCCCCC(=O)O. The first kappa shape index (κ1) is 45.5. The molecular weight excluding hydrogens is 572 g/mol. The normalized spacial score (nSPS) is 11.5. The third kappa shape index (κ3) is 44.5. The molecule has 0 aromatic heterocycles. The molecule has 0 spiro atoms. The molecule has 8 heteroatoms. The van der Waals surface area contributed by atoms with Gasteiger partial charge in [0.2, 0.25) is 0 Å². The summed E-state index contributed by atoms with van der Waals surface area (Å²) in [5.74, 6) is -1.65. The van der Waals surface area contributed by atoms with Crippen molar-refractivity contribution in [3.8, 4) is 0 Å². The first-order valence-corrected chi connectivity index (χ1v) is 18.7. The molecule has 1 atom stereocenters. The quantitative estimate of drug-likeness (QED) is 0.0401.